The van der Waals surface area contributed by atoms with Crippen LogP contribution in [0.5, 0.6) is 5.75 Å². The normalized spacial score (nSPS) is 10.1. The number of hydrogen-bond donors (Lipinski definition) is 0. The first-order valence-electron chi connectivity index (χ1n) is 4.61. The van der Waals surface area contributed by atoms with Crippen LogP contribution in [0.1, 0.15) is 26.3 Å². The maximum Gasteiger partial charge on any atom is 0.394 e. The highest BCUT2D eigenvalue weighted by molar-refractivity contribution is 5.26. The number of halogens is 2. The molecule has 0 bridgehead atoms. The molecule has 0 aliphatic carbocycles. The molecule has 3 heteroatoms. The predicted octanol–water partition coefficient (Wildman–Crippen LogP) is 4.01. The molecule has 0 radical (unpaired) electrons. The van der Waals surface area contributed by atoms with Crippen LogP contribution in [0, 0.1) is 6.92 Å². The summed E-state index contributed by atoms with van der Waals surface area (Å²) in [5, 5.41) is 0. The molecule has 0 heterocycles. The van der Waals surface area contributed by atoms with Crippen molar-refractivity contribution in [1.82, 2.24) is 0 Å². The molecule has 0 N–H and O–H groups in total. The minimum Gasteiger partial charge on any atom is -0.433 e. The van der Waals surface area contributed by atoms with E-state index in [2.05, 4.69) is 4.74 Å². The van der Waals surface area contributed by atoms with E-state index in [1.807, 2.05) is 20.8 Å². The Hall–Kier alpha value is -1.12. The summed E-state index contributed by atoms with van der Waals surface area (Å²) in [7, 11) is 0. The minimum atomic E-state index is -3.10. The van der Waals surface area contributed by atoms with Crippen LogP contribution in [0.15, 0.2) is 24.3 Å². The van der Waals surface area contributed by atoms with Crippen LogP contribution in [0.2, 0.25) is 0 Å². The Bertz CT molecular complexity index is 249. The van der Waals surface area contributed by atoms with E-state index in [1.165, 1.54) is 12.1 Å². The summed E-state index contributed by atoms with van der Waals surface area (Å²) >= 11 is 0. The van der Waals surface area contributed by atoms with Gasteiger partial charge in [-0.1, -0.05) is 31.5 Å². The fraction of sp³-hybridized carbons (Fsp3) is 0.455. The molecule has 80 valence electrons. The first kappa shape index (κ1) is 12.9. The molecule has 0 unspecified atom stereocenters. The summed E-state index contributed by atoms with van der Waals surface area (Å²) in [4.78, 5) is 0. The van der Waals surface area contributed by atoms with E-state index < -0.39 is 6.11 Å². The van der Waals surface area contributed by atoms with Gasteiger partial charge in [-0.3, -0.25) is 0 Å². The highest BCUT2D eigenvalue weighted by Crippen LogP contribution is 2.20. The smallest absolute Gasteiger partial charge is 0.394 e. The molecule has 0 atom stereocenters. The van der Waals surface area contributed by atoms with Gasteiger partial charge in [0.1, 0.15) is 5.75 Å². The summed E-state index contributed by atoms with van der Waals surface area (Å²) in [6.45, 7) is 6.60. The Morgan fingerprint density at radius 1 is 1.07 bits per heavy atom. The van der Waals surface area contributed by atoms with Gasteiger partial charge in [0.15, 0.2) is 0 Å². The molecular formula is C11H16F2O. The van der Waals surface area contributed by atoms with Crippen molar-refractivity contribution in [2.75, 3.05) is 0 Å². The van der Waals surface area contributed by atoms with Crippen molar-refractivity contribution in [1.29, 1.82) is 0 Å². The van der Waals surface area contributed by atoms with Crippen molar-refractivity contribution >= 4 is 0 Å². The topological polar surface area (TPSA) is 9.23 Å². The van der Waals surface area contributed by atoms with Gasteiger partial charge in [0, 0.05) is 6.92 Å². The molecule has 14 heavy (non-hydrogen) atoms. The average Bonchev–Trinajstić information content (AvgIpc) is 2.10. The quantitative estimate of drug-likeness (QED) is 0.704. The Morgan fingerprint density at radius 2 is 1.50 bits per heavy atom. The van der Waals surface area contributed by atoms with E-state index in [-0.39, 0.29) is 5.75 Å². The number of alkyl halides is 2. The molecular weight excluding hydrogens is 186 g/mol. The van der Waals surface area contributed by atoms with Crippen molar-refractivity contribution in [3.8, 4) is 5.75 Å². The van der Waals surface area contributed by atoms with Crippen LogP contribution in [0.3, 0.4) is 0 Å². The molecule has 1 nitrogen and oxygen atoms in total. The second-order valence-corrected chi connectivity index (χ2v) is 2.72. The first-order chi connectivity index (χ1) is 6.47. The zero-order valence-corrected chi connectivity index (χ0v) is 8.97. The molecule has 0 saturated heterocycles. The van der Waals surface area contributed by atoms with Crippen LogP contribution >= 0.6 is 0 Å². The number of rotatable bonds is 2. The molecule has 1 aromatic rings. The van der Waals surface area contributed by atoms with Crippen molar-refractivity contribution < 1.29 is 13.5 Å². The summed E-state index contributed by atoms with van der Waals surface area (Å²) in [5.74, 6) is 0.188. The van der Waals surface area contributed by atoms with E-state index in [9.17, 15) is 8.78 Å². The lowest BCUT2D eigenvalue weighted by molar-refractivity contribution is -0.158. The van der Waals surface area contributed by atoms with Crippen LogP contribution in [-0.2, 0) is 0 Å². The lowest BCUT2D eigenvalue weighted by Crippen LogP contribution is -2.18. The van der Waals surface area contributed by atoms with E-state index >= 15 is 0 Å². The van der Waals surface area contributed by atoms with Crippen LogP contribution in [-0.4, -0.2) is 6.11 Å². The second-order valence-electron chi connectivity index (χ2n) is 2.72. The molecule has 0 aromatic heterocycles. The zero-order chi connectivity index (χ0) is 11.2. The van der Waals surface area contributed by atoms with Crippen LogP contribution in [0.4, 0.5) is 8.78 Å². The maximum absolute atomic E-state index is 12.3. The summed E-state index contributed by atoms with van der Waals surface area (Å²) in [6.07, 6.45) is -3.10. The van der Waals surface area contributed by atoms with Gasteiger partial charge in [0.05, 0.1) is 0 Å². The van der Waals surface area contributed by atoms with Gasteiger partial charge < -0.3 is 4.74 Å². The third kappa shape index (κ3) is 5.51. The summed E-state index contributed by atoms with van der Waals surface area (Å²) in [5.41, 5.74) is 1.02. The molecule has 0 amide bonds. The Morgan fingerprint density at radius 3 is 1.86 bits per heavy atom. The molecule has 1 rings (SSSR count). The lowest BCUT2D eigenvalue weighted by atomic mass is 10.2. The monoisotopic (exact) mass is 202 g/mol. The number of ether oxygens (including phenoxy) is 1. The number of hydrogen-bond acceptors (Lipinski definition) is 1. The maximum atomic E-state index is 12.3. The summed E-state index contributed by atoms with van der Waals surface area (Å²) in [6, 6.07) is 6.49. The van der Waals surface area contributed by atoms with Gasteiger partial charge in [-0.25, -0.2) is 0 Å². The molecule has 1 aromatic carbocycles. The summed E-state index contributed by atoms with van der Waals surface area (Å²) < 4.78 is 28.9. The van der Waals surface area contributed by atoms with Crippen LogP contribution < -0.4 is 4.74 Å². The highest BCUT2D eigenvalue weighted by Gasteiger charge is 2.22. The van der Waals surface area contributed by atoms with Gasteiger partial charge in [-0.2, -0.15) is 8.78 Å². The largest absolute Gasteiger partial charge is 0.433 e. The van der Waals surface area contributed by atoms with Crippen LogP contribution in [0.25, 0.3) is 0 Å². The Balaban J connectivity index is 0.000000791. The van der Waals surface area contributed by atoms with Gasteiger partial charge in [-0.15, -0.1) is 0 Å². The van der Waals surface area contributed by atoms with Gasteiger partial charge in [0.2, 0.25) is 0 Å². The average molecular weight is 202 g/mol. The third-order valence-corrected chi connectivity index (χ3v) is 1.32. The molecule has 0 fully saturated rings. The first-order valence-corrected chi connectivity index (χ1v) is 4.61. The number of aryl methyl sites for hydroxylation is 1. The van der Waals surface area contributed by atoms with E-state index in [4.69, 9.17) is 0 Å². The van der Waals surface area contributed by atoms with Crippen molar-refractivity contribution in [3.05, 3.63) is 29.8 Å². The predicted molar refractivity (Wildman–Crippen MR) is 53.8 cm³/mol. The fourth-order valence-electron chi connectivity index (χ4n) is 0.813. The van der Waals surface area contributed by atoms with Gasteiger partial charge in [0.25, 0.3) is 0 Å². The second kappa shape index (κ2) is 5.58. The minimum absolute atomic E-state index is 0.188. The molecule has 0 saturated carbocycles. The zero-order valence-electron chi connectivity index (χ0n) is 8.97. The number of benzene rings is 1. The van der Waals surface area contributed by atoms with Gasteiger partial charge in [-0.05, 0) is 19.1 Å². The van der Waals surface area contributed by atoms with Crippen molar-refractivity contribution in [3.63, 3.8) is 0 Å². The van der Waals surface area contributed by atoms with Crippen molar-refractivity contribution in [2.24, 2.45) is 0 Å². The Labute approximate surface area is 83.7 Å². The van der Waals surface area contributed by atoms with E-state index in [0.717, 1.165) is 5.56 Å². The fourth-order valence-corrected chi connectivity index (χ4v) is 0.813. The highest BCUT2D eigenvalue weighted by atomic mass is 19.3. The van der Waals surface area contributed by atoms with E-state index in [0.29, 0.717) is 6.92 Å². The molecule has 0 aliphatic rings. The lowest BCUT2D eigenvalue weighted by Gasteiger charge is -2.12. The van der Waals surface area contributed by atoms with Gasteiger partial charge >= 0.3 is 6.11 Å². The van der Waals surface area contributed by atoms with Crippen molar-refractivity contribution in [2.45, 2.75) is 33.8 Å². The Kier molecular flexibility index (Phi) is 5.13. The SMILES string of the molecule is CC.Cc1ccc(OC(C)(F)F)cc1. The standard InChI is InChI=1S/C9H10F2O.C2H6/c1-7-3-5-8(6-4-7)12-9(2,10)11;1-2/h3-6H,1-2H3;1-2H3. The third-order valence-electron chi connectivity index (χ3n) is 1.32. The van der Waals surface area contributed by atoms with E-state index in [1.54, 1.807) is 12.1 Å². The molecule has 0 spiro atoms. The molecule has 0 aliphatic heterocycles.